The molecule has 0 saturated carbocycles. The maximum atomic E-state index is 8.54. The molecular weight excluding hydrogens is 164 g/mol. The Morgan fingerprint density at radius 3 is 2.00 bits per heavy atom. The Bertz CT molecular complexity index is 197. The molecule has 1 aromatic rings. The van der Waals surface area contributed by atoms with Gasteiger partial charge in [-0.15, -0.1) is 0 Å². The average Bonchev–Trinajstić information content (AvgIpc) is 2.77. The highest BCUT2D eigenvalue weighted by atomic mass is 16.5. The summed E-state index contributed by atoms with van der Waals surface area (Å²) in [7, 11) is 0. The van der Waals surface area contributed by atoms with E-state index in [9.17, 15) is 0 Å². The molecule has 0 atom stereocenters. The van der Waals surface area contributed by atoms with E-state index in [0.29, 0.717) is 0 Å². The number of ether oxygens (including phenoxy) is 1. The number of hydrogen-bond donors (Lipinski definition) is 1. The van der Waals surface area contributed by atoms with Crippen LogP contribution in [0.1, 0.15) is 18.4 Å². The lowest BCUT2D eigenvalue weighted by Crippen LogP contribution is -1.77. The molecule has 1 saturated heterocycles. The molecule has 1 aliphatic rings. The molecule has 2 rings (SSSR count). The van der Waals surface area contributed by atoms with Crippen LogP contribution >= 0.6 is 0 Å². The predicted molar refractivity (Wildman–Crippen MR) is 52.4 cm³/mol. The van der Waals surface area contributed by atoms with E-state index < -0.39 is 0 Å². The van der Waals surface area contributed by atoms with Crippen LogP contribution in [0.3, 0.4) is 0 Å². The highest BCUT2D eigenvalue weighted by Gasteiger charge is 1.94. The van der Waals surface area contributed by atoms with Gasteiger partial charge in [-0.25, -0.2) is 0 Å². The molecule has 2 nitrogen and oxygen atoms in total. The maximum absolute atomic E-state index is 8.54. The Morgan fingerprint density at radius 1 is 1.08 bits per heavy atom. The van der Waals surface area contributed by atoms with Crippen molar-refractivity contribution in [2.24, 2.45) is 0 Å². The zero-order chi connectivity index (χ0) is 9.36. The van der Waals surface area contributed by atoms with Gasteiger partial charge in [0, 0.05) is 13.2 Å². The van der Waals surface area contributed by atoms with Crippen molar-refractivity contribution in [1.82, 2.24) is 0 Å². The van der Waals surface area contributed by atoms with Gasteiger partial charge in [0.05, 0.1) is 6.61 Å². The first-order chi connectivity index (χ1) is 6.43. The van der Waals surface area contributed by atoms with Crippen molar-refractivity contribution in [2.45, 2.75) is 19.4 Å². The first-order valence-corrected chi connectivity index (χ1v) is 4.66. The van der Waals surface area contributed by atoms with E-state index in [1.54, 1.807) is 0 Å². The topological polar surface area (TPSA) is 29.5 Å². The molecule has 2 heteroatoms. The summed E-state index contributed by atoms with van der Waals surface area (Å²) in [5.74, 6) is 0. The second kappa shape index (κ2) is 6.63. The zero-order valence-corrected chi connectivity index (χ0v) is 7.78. The SMILES string of the molecule is C1CCOC1.OCc1ccccc1. The van der Waals surface area contributed by atoms with E-state index >= 15 is 0 Å². The van der Waals surface area contributed by atoms with Crippen LogP contribution in [0.25, 0.3) is 0 Å². The van der Waals surface area contributed by atoms with Gasteiger partial charge in [0.1, 0.15) is 0 Å². The van der Waals surface area contributed by atoms with E-state index in [0.717, 1.165) is 18.8 Å². The predicted octanol–water partition coefficient (Wildman–Crippen LogP) is 1.98. The minimum absolute atomic E-state index is 0.140. The van der Waals surface area contributed by atoms with Crippen LogP contribution in [0, 0.1) is 0 Å². The Morgan fingerprint density at radius 2 is 1.69 bits per heavy atom. The lowest BCUT2D eigenvalue weighted by atomic mass is 10.2. The molecule has 13 heavy (non-hydrogen) atoms. The molecule has 0 unspecified atom stereocenters. The van der Waals surface area contributed by atoms with Gasteiger partial charge in [-0.2, -0.15) is 0 Å². The van der Waals surface area contributed by atoms with E-state index in [2.05, 4.69) is 0 Å². The Hall–Kier alpha value is -0.860. The summed E-state index contributed by atoms with van der Waals surface area (Å²) >= 11 is 0. The molecule has 0 spiro atoms. The summed E-state index contributed by atoms with van der Waals surface area (Å²) in [6.45, 7) is 2.14. The third-order valence-corrected chi connectivity index (χ3v) is 1.85. The van der Waals surface area contributed by atoms with Crippen molar-refractivity contribution in [1.29, 1.82) is 0 Å². The molecule has 1 aromatic carbocycles. The van der Waals surface area contributed by atoms with Gasteiger partial charge in [0.15, 0.2) is 0 Å². The van der Waals surface area contributed by atoms with Gasteiger partial charge < -0.3 is 9.84 Å². The normalized spacial score (nSPS) is 14.8. The summed E-state index contributed by atoms with van der Waals surface area (Å²) in [5, 5.41) is 8.54. The quantitative estimate of drug-likeness (QED) is 0.716. The highest BCUT2D eigenvalue weighted by molar-refractivity contribution is 5.12. The standard InChI is InChI=1S/C7H8O.C4H8O/c8-6-7-4-2-1-3-5-7;1-2-4-5-3-1/h1-5,8H,6H2;1-4H2. The first kappa shape index (κ1) is 10.2. The van der Waals surface area contributed by atoms with Gasteiger partial charge in [0.25, 0.3) is 0 Å². The smallest absolute Gasteiger partial charge is 0.0681 e. The summed E-state index contributed by atoms with van der Waals surface area (Å²) in [4.78, 5) is 0. The lowest BCUT2D eigenvalue weighted by Gasteiger charge is -1.89. The van der Waals surface area contributed by atoms with Crippen LogP contribution in [0.4, 0.5) is 0 Å². The van der Waals surface area contributed by atoms with Crippen molar-refractivity contribution in [2.75, 3.05) is 13.2 Å². The molecule has 1 N–H and O–H groups in total. The van der Waals surface area contributed by atoms with Crippen molar-refractivity contribution in [3.05, 3.63) is 35.9 Å². The van der Waals surface area contributed by atoms with Crippen molar-refractivity contribution in [3.63, 3.8) is 0 Å². The van der Waals surface area contributed by atoms with Gasteiger partial charge >= 0.3 is 0 Å². The number of benzene rings is 1. The summed E-state index contributed by atoms with van der Waals surface area (Å²) in [6, 6.07) is 9.52. The van der Waals surface area contributed by atoms with Crippen LogP contribution in [-0.4, -0.2) is 18.3 Å². The molecule has 0 radical (unpaired) electrons. The van der Waals surface area contributed by atoms with Gasteiger partial charge in [-0.05, 0) is 18.4 Å². The molecule has 0 bridgehead atoms. The third kappa shape index (κ3) is 4.65. The fourth-order valence-corrected chi connectivity index (χ4v) is 1.09. The summed E-state index contributed by atoms with van der Waals surface area (Å²) in [5.41, 5.74) is 0.965. The lowest BCUT2D eigenvalue weighted by molar-refractivity contribution is 0.198. The third-order valence-electron chi connectivity index (χ3n) is 1.85. The van der Waals surface area contributed by atoms with Crippen LogP contribution in [0.2, 0.25) is 0 Å². The fraction of sp³-hybridized carbons (Fsp3) is 0.455. The largest absolute Gasteiger partial charge is 0.392 e. The fourth-order valence-electron chi connectivity index (χ4n) is 1.09. The van der Waals surface area contributed by atoms with E-state index in [4.69, 9.17) is 9.84 Å². The summed E-state index contributed by atoms with van der Waals surface area (Å²) < 4.78 is 4.94. The molecule has 0 aliphatic carbocycles. The molecule has 1 fully saturated rings. The highest BCUT2D eigenvalue weighted by Crippen LogP contribution is 1.98. The molecule has 1 aliphatic heterocycles. The van der Waals surface area contributed by atoms with Crippen molar-refractivity contribution in [3.8, 4) is 0 Å². The molecule has 1 heterocycles. The van der Waals surface area contributed by atoms with Gasteiger partial charge in [-0.3, -0.25) is 0 Å². The second-order valence-electron chi connectivity index (χ2n) is 2.96. The Kier molecular flexibility index (Phi) is 5.22. The second-order valence-corrected chi connectivity index (χ2v) is 2.96. The summed E-state index contributed by atoms with van der Waals surface area (Å²) in [6.07, 6.45) is 2.56. The van der Waals surface area contributed by atoms with Crippen LogP contribution in [-0.2, 0) is 11.3 Å². The van der Waals surface area contributed by atoms with Crippen LogP contribution in [0.5, 0.6) is 0 Å². The number of hydrogen-bond acceptors (Lipinski definition) is 2. The zero-order valence-electron chi connectivity index (χ0n) is 7.78. The molecule has 72 valence electrons. The Labute approximate surface area is 79.2 Å². The van der Waals surface area contributed by atoms with E-state index in [1.807, 2.05) is 30.3 Å². The van der Waals surface area contributed by atoms with Crippen molar-refractivity contribution < 1.29 is 9.84 Å². The minimum atomic E-state index is 0.140. The molecule has 0 aromatic heterocycles. The Balaban J connectivity index is 0.000000145. The minimum Gasteiger partial charge on any atom is -0.392 e. The van der Waals surface area contributed by atoms with Crippen LogP contribution < -0.4 is 0 Å². The first-order valence-electron chi connectivity index (χ1n) is 4.66. The van der Waals surface area contributed by atoms with Crippen molar-refractivity contribution >= 4 is 0 Å². The number of aliphatic hydroxyl groups excluding tert-OH is 1. The van der Waals surface area contributed by atoms with E-state index in [1.165, 1.54) is 12.8 Å². The molecular formula is C11H16O2. The van der Waals surface area contributed by atoms with Crippen LogP contribution in [0.15, 0.2) is 30.3 Å². The number of aliphatic hydroxyl groups is 1. The van der Waals surface area contributed by atoms with Gasteiger partial charge in [0.2, 0.25) is 0 Å². The maximum Gasteiger partial charge on any atom is 0.0681 e. The monoisotopic (exact) mass is 180 g/mol. The average molecular weight is 180 g/mol. The van der Waals surface area contributed by atoms with Gasteiger partial charge in [-0.1, -0.05) is 30.3 Å². The molecule has 0 amide bonds. The van der Waals surface area contributed by atoms with E-state index in [-0.39, 0.29) is 6.61 Å². The number of rotatable bonds is 1.